The van der Waals surface area contributed by atoms with Gasteiger partial charge in [-0.05, 0) is 73.6 Å². The molecule has 2 aliphatic rings. The Hall–Kier alpha value is -5.63. The van der Waals surface area contributed by atoms with E-state index in [9.17, 15) is 14.4 Å². The van der Waals surface area contributed by atoms with Gasteiger partial charge < -0.3 is 29.8 Å². The maximum atomic E-state index is 13.9. The van der Waals surface area contributed by atoms with E-state index in [1.165, 1.54) is 7.11 Å². The van der Waals surface area contributed by atoms with E-state index in [-0.39, 0.29) is 29.8 Å². The molecule has 2 fully saturated rings. The second-order valence-electron chi connectivity index (χ2n) is 13.2. The van der Waals surface area contributed by atoms with Crippen molar-refractivity contribution in [1.82, 2.24) is 35.1 Å². The Morgan fingerprint density at radius 3 is 1.96 bits per heavy atom. The first kappa shape index (κ1) is 32.9. The minimum absolute atomic E-state index is 0.0545. The summed E-state index contributed by atoms with van der Waals surface area (Å²) < 4.78 is 4.82. The maximum Gasteiger partial charge on any atom is 0.407 e. The van der Waals surface area contributed by atoms with E-state index in [1.54, 1.807) is 11.3 Å². The van der Waals surface area contributed by atoms with Crippen LogP contribution in [0.4, 0.5) is 4.79 Å². The monoisotopic (exact) mass is 670 g/mol. The number of rotatable bonds is 7. The average molecular weight is 671 g/mol. The number of aromatic nitrogens is 4. The van der Waals surface area contributed by atoms with Crippen LogP contribution in [-0.2, 0) is 14.3 Å². The van der Waals surface area contributed by atoms with E-state index in [2.05, 4.69) is 27.1 Å². The van der Waals surface area contributed by atoms with Crippen molar-refractivity contribution >= 4 is 40.0 Å². The van der Waals surface area contributed by atoms with Crippen LogP contribution < -0.4 is 5.32 Å². The molecule has 0 saturated carbocycles. The number of H-pyrrole nitrogens is 2. The highest BCUT2D eigenvalue weighted by atomic mass is 16.5. The Balaban J connectivity index is 1.08. The number of aromatic amines is 2. The van der Waals surface area contributed by atoms with Crippen LogP contribution in [-0.4, -0.2) is 67.8 Å². The van der Waals surface area contributed by atoms with Gasteiger partial charge in [-0.25, -0.2) is 14.8 Å². The Kier molecular flexibility index (Phi) is 9.26. The average Bonchev–Trinajstić information content (AvgIpc) is 3.94. The third kappa shape index (κ3) is 6.79. The van der Waals surface area contributed by atoms with Gasteiger partial charge in [0.2, 0.25) is 5.91 Å². The fraction of sp³-hybridized carbons (Fsp3) is 0.333. The highest BCUT2D eigenvalue weighted by molar-refractivity contribution is 5.88. The molecule has 2 saturated heterocycles. The zero-order valence-corrected chi connectivity index (χ0v) is 28.4. The van der Waals surface area contributed by atoms with Crippen molar-refractivity contribution in [3.63, 3.8) is 0 Å². The van der Waals surface area contributed by atoms with Gasteiger partial charge in [0.25, 0.3) is 5.91 Å². The lowest BCUT2D eigenvalue weighted by molar-refractivity contribution is -0.134. The lowest BCUT2D eigenvalue weighted by Gasteiger charge is -2.28. The van der Waals surface area contributed by atoms with Crippen LogP contribution in [0.25, 0.3) is 22.1 Å². The largest absolute Gasteiger partial charge is 0.453 e. The second kappa shape index (κ2) is 14.1. The van der Waals surface area contributed by atoms with Crippen molar-refractivity contribution in [2.45, 2.75) is 57.7 Å². The smallest absolute Gasteiger partial charge is 0.407 e. The SMILES string of the molecule is COC(=O)N[C@H](C(=O)N1CCC[C@@H]1c1nc2cc(C#Cc3ccc4[nH]c([C@@H]5CCCN5C(=O)[CH]C(C)C)nc4c3)ccc2[nH]1)c1ccccc1. The molecule has 3 aromatic carbocycles. The van der Waals surface area contributed by atoms with Gasteiger partial charge >= 0.3 is 6.09 Å². The number of alkyl carbamates (subject to hydrolysis) is 1. The normalized spacial score (nSPS) is 18.0. The van der Waals surface area contributed by atoms with E-state index in [1.807, 2.05) is 85.5 Å². The number of nitrogens with one attached hydrogen (secondary N) is 3. The quantitative estimate of drug-likeness (QED) is 0.179. The molecule has 11 heteroatoms. The van der Waals surface area contributed by atoms with Crippen molar-refractivity contribution in [2.75, 3.05) is 20.2 Å². The van der Waals surface area contributed by atoms with Crippen LogP contribution in [0.3, 0.4) is 0 Å². The maximum absolute atomic E-state index is 13.9. The van der Waals surface area contributed by atoms with Gasteiger partial charge in [-0.1, -0.05) is 56.0 Å². The van der Waals surface area contributed by atoms with E-state index in [0.29, 0.717) is 17.9 Å². The van der Waals surface area contributed by atoms with Crippen molar-refractivity contribution in [2.24, 2.45) is 5.92 Å². The number of fused-ring (bicyclic) bond motifs is 2. The van der Waals surface area contributed by atoms with Gasteiger partial charge in [-0.15, -0.1) is 0 Å². The molecule has 3 amide bonds. The fourth-order valence-corrected chi connectivity index (χ4v) is 6.95. The van der Waals surface area contributed by atoms with E-state index < -0.39 is 12.1 Å². The molecule has 7 rings (SSSR count). The summed E-state index contributed by atoms with van der Waals surface area (Å²) in [4.78, 5) is 59.2. The molecule has 50 heavy (non-hydrogen) atoms. The van der Waals surface area contributed by atoms with Gasteiger partial charge in [0.05, 0.1) is 47.7 Å². The Bertz CT molecular complexity index is 2110. The number of nitrogens with zero attached hydrogens (tertiary/aromatic N) is 4. The van der Waals surface area contributed by atoms with E-state index in [4.69, 9.17) is 14.7 Å². The lowest BCUT2D eigenvalue weighted by atomic mass is 10.1. The predicted octanol–water partition coefficient (Wildman–Crippen LogP) is 6.12. The van der Waals surface area contributed by atoms with E-state index >= 15 is 0 Å². The minimum atomic E-state index is -0.877. The van der Waals surface area contributed by atoms with Gasteiger partial charge in [-0.2, -0.15) is 0 Å². The number of carbonyl (C=O) groups excluding carboxylic acids is 3. The molecular weight excluding hydrogens is 630 g/mol. The van der Waals surface area contributed by atoms with Gasteiger partial charge in [0.1, 0.15) is 17.7 Å². The summed E-state index contributed by atoms with van der Waals surface area (Å²) in [6, 6.07) is 19.8. The van der Waals surface area contributed by atoms with Crippen molar-refractivity contribution in [1.29, 1.82) is 0 Å². The molecule has 2 aliphatic heterocycles. The molecule has 1 radical (unpaired) electrons. The topological polar surface area (TPSA) is 136 Å². The summed E-state index contributed by atoms with van der Waals surface area (Å²) in [5, 5.41) is 2.71. The minimum Gasteiger partial charge on any atom is -0.453 e. The number of amides is 3. The number of imidazole rings is 2. The van der Waals surface area contributed by atoms with Crippen LogP contribution >= 0.6 is 0 Å². The Labute approximate surface area is 290 Å². The Morgan fingerprint density at radius 1 is 0.840 bits per heavy atom. The predicted molar refractivity (Wildman–Crippen MR) is 189 cm³/mol. The summed E-state index contributed by atoms with van der Waals surface area (Å²) in [7, 11) is 1.28. The van der Waals surface area contributed by atoms with Gasteiger partial charge in [0.15, 0.2) is 0 Å². The summed E-state index contributed by atoms with van der Waals surface area (Å²) in [5.41, 5.74) is 5.67. The third-order valence-electron chi connectivity index (χ3n) is 9.36. The van der Waals surface area contributed by atoms with Gasteiger partial charge in [0, 0.05) is 24.2 Å². The zero-order valence-electron chi connectivity index (χ0n) is 28.4. The van der Waals surface area contributed by atoms with Crippen LogP contribution in [0.15, 0.2) is 66.7 Å². The molecule has 11 nitrogen and oxygen atoms in total. The number of ether oxygens (including phenoxy) is 1. The molecule has 3 N–H and O–H groups in total. The van der Waals surface area contributed by atoms with Crippen LogP contribution in [0.5, 0.6) is 0 Å². The van der Waals surface area contributed by atoms with Crippen LogP contribution in [0.2, 0.25) is 0 Å². The number of likely N-dealkylation sites (tertiary alicyclic amines) is 2. The first-order chi connectivity index (χ1) is 24.3. The third-order valence-corrected chi connectivity index (χ3v) is 9.36. The number of hydrogen-bond donors (Lipinski definition) is 3. The molecule has 5 aromatic rings. The molecule has 2 aromatic heterocycles. The molecule has 0 aliphatic carbocycles. The zero-order chi connectivity index (χ0) is 34.8. The van der Waals surface area contributed by atoms with Crippen molar-refractivity contribution in [3.05, 3.63) is 101 Å². The molecule has 0 bridgehead atoms. The number of carbonyl (C=O) groups is 3. The standard InChI is InChI=1S/C39H40N7O4/c1-24(2)21-34(47)45-19-7-11-32(45)36-40-28-17-15-25(22-30(28)42-36)13-14-26-16-18-29-31(23-26)43-37(41-29)33-12-8-20-46(33)38(48)35(44-39(49)50-3)27-9-5-4-6-10-27/h4-6,9-10,15-18,21-24,32-33,35H,7-8,11-12,19-20H2,1-3H3,(H,40,42)(H,41,43)(H,44,49)/t32-,33+,35-/m0/s1. The summed E-state index contributed by atoms with van der Waals surface area (Å²) in [5.74, 6) is 8.09. The lowest BCUT2D eigenvalue weighted by Crippen LogP contribution is -2.42. The highest BCUT2D eigenvalue weighted by Crippen LogP contribution is 2.35. The Morgan fingerprint density at radius 2 is 1.40 bits per heavy atom. The molecule has 0 spiro atoms. The van der Waals surface area contributed by atoms with Gasteiger partial charge in [-0.3, -0.25) is 9.59 Å². The summed E-state index contributed by atoms with van der Waals surface area (Å²) >= 11 is 0. The van der Waals surface area contributed by atoms with Crippen molar-refractivity contribution in [3.8, 4) is 11.8 Å². The second-order valence-corrected chi connectivity index (χ2v) is 13.2. The molecule has 3 atom stereocenters. The number of methoxy groups -OCH3 is 1. The summed E-state index contributed by atoms with van der Waals surface area (Å²) in [6.45, 7) is 5.32. The van der Waals surface area contributed by atoms with E-state index in [0.717, 1.165) is 71.2 Å². The van der Waals surface area contributed by atoms with Crippen LogP contribution in [0.1, 0.15) is 86.0 Å². The highest BCUT2D eigenvalue weighted by Gasteiger charge is 2.37. The molecular formula is C39H40N7O4. The molecule has 4 heterocycles. The fourth-order valence-electron chi connectivity index (χ4n) is 6.95. The molecule has 0 unspecified atom stereocenters. The van der Waals surface area contributed by atoms with Crippen molar-refractivity contribution < 1.29 is 19.1 Å². The first-order valence-corrected chi connectivity index (χ1v) is 17.1. The first-order valence-electron chi connectivity index (χ1n) is 17.1. The van der Waals surface area contributed by atoms with Crippen LogP contribution in [0, 0.1) is 24.2 Å². The summed E-state index contributed by atoms with van der Waals surface area (Å²) in [6.07, 6.45) is 4.52. The molecule has 255 valence electrons. The number of benzene rings is 3. The number of hydrogen-bond acceptors (Lipinski definition) is 6.